The first-order valence-corrected chi connectivity index (χ1v) is 10.2. The summed E-state index contributed by atoms with van der Waals surface area (Å²) in [5.74, 6) is -0.424. The van der Waals surface area contributed by atoms with Crippen LogP contribution in [0.15, 0.2) is 58.2 Å². The Morgan fingerprint density at radius 2 is 1.89 bits per heavy atom. The van der Waals surface area contributed by atoms with Gasteiger partial charge in [0, 0.05) is 11.4 Å². The van der Waals surface area contributed by atoms with Gasteiger partial charge in [0.1, 0.15) is 0 Å². The van der Waals surface area contributed by atoms with Crippen molar-refractivity contribution < 1.29 is 9.90 Å². The van der Waals surface area contributed by atoms with Crippen LogP contribution in [0.1, 0.15) is 24.1 Å². The molecule has 0 saturated carbocycles. The fourth-order valence-corrected chi connectivity index (χ4v) is 3.41. The maximum absolute atomic E-state index is 12.0. The van der Waals surface area contributed by atoms with Gasteiger partial charge in [0.15, 0.2) is 0 Å². The molecule has 6 nitrogen and oxygen atoms in total. The van der Waals surface area contributed by atoms with Gasteiger partial charge in [0.05, 0.1) is 12.1 Å². The Morgan fingerprint density at radius 3 is 2.54 bits per heavy atom. The molecule has 0 aliphatic rings. The van der Waals surface area contributed by atoms with Crippen LogP contribution >= 0.6 is 11.8 Å². The van der Waals surface area contributed by atoms with Crippen LogP contribution in [-0.2, 0) is 11.2 Å². The summed E-state index contributed by atoms with van der Waals surface area (Å²) in [5.41, 5.74) is 3.12. The van der Waals surface area contributed by atoms with Gasteiger partial charge in [-0.3, -0.25) is 9.78 Å². The minimum absolute atomic E-state index is 0.0813. The molecule has 7 heteroatoms. The largest absolute Gasteiger partial charge is 0.493 e. The summed E-state index contributed by atoms with van der Waals surface area (Å²) in [6.07, 6.45) is 1.98. The van der Waals surface area contributed by atoms with Crippen LogP contribution in [0.4, 0.5) is 0 Å². The Kier molecular flexibility index (Phi) is 6.26. The van der Waals surface area contributed by atoms with Gasteiger partial charge in [-0.15, -0.1) is 11.8 Å². The summed E-state index contributed by atoms with van der Waals surface area (Å²) in [5, 5.41) is 12.4. The molecule has 0 radical (unpaired) electrons. The summed E-state index contributed by atoms with van der Waals surface area (Å²) in [4.78, 5) is 29.0. The third-order valence-electron chi connectivity index (χ3n) is 4.61. The molecule has 1 atom stereocenters. The number of carbonyl (C=O) groups excluding carboxylic acids is 1. The molecule has 1 heterocycles. The standard InChI is InChI=1S/C21H23N3O3S/c1-13(12-22-19(25)11-18-20(26)24-21(27)23-18)14-6-8-15(9-7-14)16-4-3-5-17(10-16)28-2/h3-10,13,26H,11-12H2,1-2H3,(H,22,25)(H2,23,24,27). The van der Waals surface area contributed by atoms with Crippen molar-refractivity contribution in [2.75, 3.05) is 12.8 Å². The fraction of sp³-hybridized carbons (Fsp3) is 0.238. The number of aromatic hydroxyl groups is 1. The van der Waals surface area contributed by atoms with Gasteiger partial charge in [-0.05, 0) is 41.0 Å². The number of thioether (sulfide) groups is 1. The van der Waals surface area contributed by atoms with Crippen molar-refractivity contribution in [2.24, 2.45) is 0 Å². The van der Waals surface area contributed by atoms with Gasteiger partial charge in [0.25, 0.3) is 0 Å². The Hall–Kier alpha value is -2.93. The Morgan fingerprint density at radius 1 is 1.14 bits per heavy atom. The molecular formula is C21H23N3O3S. The maximum atomic E-state index is 12.0. The first kappa shape index (κ1) is 19.8. The second-order valence-corrected chi connectivity index (χ2v) is 7.52. The lowest BCUT2D eigenvalue weighted by atomic mass is 9.97. The molecule has 0 spiro atoms. The zero-order chi connectivity index (χ0) is 20.1. The van der Waals surface area contributed by atoms with Crippen molar-refractivity contribution in [2.45, 2.75) is 24.2 Å². The molecule has 0 saturated heterocycles. The van der Waals surface area contributed by atoms with E-state index in [1.54, 1.807) is 11.8 Å². The van der Waals surface area contributed by atoms with E-state index < -0.39 is 5.69 Å². The Labute approximate surface area is 167 Å². The number of H-pyrrole nitrogens is 2. The SMILES string of the molecule is CSc1cccc(-c2ccc(C(C)CNC(=O)Cc3[nH]c(=O)[nH]c3O)cc2)c1. The first-order chi connectivity index (χ1) is 13.5. The lowest BCUT2D eigenvalue weighted by Crippen LogP contribution is -2.29. The van der Waals surface area contributed by atoms with Gasteiger partial charge >= 0.3 is 5.69 Å². The predicted octanol–water partition coefficient (Wildman–Crippen LogP) is 3.26. The Balaban J connectivity index is 1.58. The second kappa shape index (κ2) is 8.84. The summed E-state index contributed by atoms with van der Waals surface area (Å²) in [6, 6.07) is 16.8. The monoisotopic (exact) mass is 397 g/mol. The molecule has 146 valence electrons. The van der Waals surface area contributed by atoms with E-state index in [1.165, 1.54) is 10.5 Å². The summed E-state index contributed by atoms with van der Waals surface area (Å²) < 4.78 is 0. The van der Waals surface area contributed by atoms with Crippen molar-refractivity contribution in [3.05, 3.63) is 70.3 Å². The number of carbonyl (C=O) groups is 1. The van der Waals surface area contributed by atoms with E-state index in [-0.39, 0.29) is 29.8 Å². The van der Waals surface area contributed by atoms with Crippen LogP contribution in [0.25, 0.3) is 11.1 Å². The van der Waals surface area contributed by atoms with Crippen molar-refractivity contribution >= 4 is 17.7 Å². The van der Waals surface area contributed by atoms with Crippen molar-refractivity contribution in [3.8, 4) is 17.0 Å². The number of benzene rings is 2. The molecule has 0 aliphatic carbocycles. The molecule has 1 aromatic heterocycles. The fourth-order valence-electron chi connectivity index (χ4n) is 2.95. The van der Waals surface area contributed by atoms with E-state index in [0.29, 0.717) is 6.54 Å². The first-order valence-electron chi connectivity index (χ1n) is 8.97. The number of rotatable bonds is 7. The van der Waals surface area contributed by atoms with Crippen LogP contribution in [0.2, 0.25) is 0 Å². The molecule has 28 heavy (non-hydrogen) atoms. The van der Waals surface area contributed by atoms with Gasteiger partial charge in [-0.1, -0.05) is 43.3 Å². The average molecular weight is 398 g/mol. The molecule has 0 aliphatic heterocycles. The second-order valence-electron chi connectivity index (χ2n) is 6.64. The van der Waals surface area contributed by atoms with E-state index in [1.807, 2.05) is 6.92 Å². The molecule has 0 bridgehead atoms. The molecule has 3 rings (SSSR count). The normalized spacial score (nSPS) is 11.9. The van der Waals surface area contributed by atoms with Gasteiger partial charge in [-0.2, -0.15) is 0 Å². The summed E-state index contributed by atoms with van der Waals surface area (Å²) in [6.45, 7) is 2.51. The van der Waals surface area contributed by atoms with E-state index >= 15 is 0 Å². The van der Waals surface area contributed by atoms with Crippen molar-refractivity contribution in [1.29, 1.82) is 0 Å². The topological polar surface area (TPSA) is 98.0 Å². The molecule has 1 amide bonds. The number of imidazole rings is 1. The number of nitrogens with one attached hydrogen (secondary N) is 3. The number of hydrogen-bond donors (Lipinski definition) is 4. The van der Waals surface area contributed by atoms with Crippen molar-refractivity contribution in [1.82, 2.24) is 15.3 Å². The van der Waals surface area contributed by atoms with Crippen LogP contribution < -0.4 is 11.0 Å². The van der Waals surface area contributed by atoms with Crippen LogP contribution in [0.3, 0.4) is 0 Å². The number of hydrogen-bond acceptors (Lipinski definition) is 4. The van der Waals surface area contributed by atoms with E-state index in [9.17, 15) is 14.7 Å². The molecule has 2 aromatic carbocycles. The third-order valence-corrected chi connectivity index (χ3v) is 5.33. The van der Waals surface area contributed by atoms with Gasteiger partial charge in [0.2, 0.25) is 11.8 Å². The van der Waals surface area contributed by atoms with Crippen LogP contribution in [0.5, 0.6) is 5.88 Å². The quantitative estimate of drug-likeness (QED) is 0.460. The molecule has 0 fully saturated rings. The minimum Gasteiger partial charge on any atom is -0.493 e. The van der Waals surface area contributed by atoms with E-state index in [2.05, 4.69) is 70.1 Å². The average Bonchev–Trinajstić information content (AvgIpc) is 3.03. The van der Waals surface area contributed by atoms with Crippen LogP contribution in [-0.4, -0.2) is 33.8 Å². The molecular weight excluding hydrogens is 374 g/mol. The van der Waals surface area contributed by atoms with Crippen molar-refractivity contribution in [3.63, 3.8) is 0 Å². The summed E-state index contributed by atoms with van der Waals surface area (Å²) >= 11 is 1.72. The lowest BCUT2D eigenvalue weighted by molar-refractivity contribution is -0.120. The lowest BCUT2D eigenvalue weighted by Gasteiger charge is -2.14. The number of aromatic amines is 2. The zero-order valence-corrected chi connectivity index (χ0v) is 16.6. The third kappa shape index (κ3) is 4.86. The zero-order valence-electron chi connectivity index (χ0n) is 15.8. The van der Waals surface area contributed by atoms with Gasteiger partial charge in [-0.25, -0.2) is 4.79 Å². The number of aromatic nitrogens is 2. The highest BCUT2D eigenvalue weighted by Gasteiger charge is 2.13. The van der Waals surface area contributed by atoms with E-state index in [4.69, 9.17) is 0 Å². The van der Waals surface area contributed by atoms with Gasteiger partial charge < -0.3 is 15.4 Å². The van der Waals surface area contributed by atoms with E-state index in [0.717, 1.165) is 11.1 Å². The smallest absolute Gasteiger partial charge is 0.325 e. The summed E-state index contributed by atoms with van der Waals surface area (Å²) in [7, 11) is 0. The Bertz CT molecular complexity index is 1010. The minimum atomic E-state index is -0.531. The molecule has 3 aromatic rings. The molecule has 1 unspecified atom stereocenters. The van der Waals surface area contributed by atoms with Crippen LogP contribution in [0, 0.1) is 0 Å². The maximum Gasteiger partial charge on any atom is 0.325 e. The highest BCUT2D eigenvalue weighted by Crippen LogP contribution is 2.26. The predicted molar refractivity (Wildman–Crippen MR) is 112 cm³/mol. The number of amides is 1. The highest BCUT2D eigenvalue weighted by atomic mass is 32.2. The highest BCUT2D eigenvalue weighted by molar-refractivity contribution is 7.98. The molecule has 4 N–H and O–H groups in total.